The average Bonchev–Trinajstić information content (AvgIpc) is 2.38. The number of piperidine rings is 1. The van der Waals surface area contributed by atoms with E-state index in [1.165, 1.54) is 32.1 Å². The van der Waals surface area contributed by atoms with Crippen molar-refractivity contribution in [2.45, 2.75) is 56.7 Å². The van der Waals surface area contributed by atoms with E-state index in [0.29, 0.717) is 18.0 Å². The van der Waals surface area contributed by atoms with Gasteiger partial charge >= 0.3 is 0 Å². The Labute approximate surface area is 79.7 Å². The van der Waals surface area contributed by atoms with Crippen LogP contribution in [-0.4, -0.2) is 23.3 Å². The lowest BCUT2D eigenvalue weighted by molar-refractivity contribution is -0.00290. The van der Waals surface area contributed by atoms with Crippen LogP contribution in [0.15, 0.2) is 0 Å². The number of aliphatic hydroxyl groups excluding tert-OH is 1. The standard InChI is InChI=1S/C11H19NO/c13-10-6-8-4-5-9(12-8)11(10)7-2-1-3-7/h7-13H,1-6H2. The lowest BCUT2D eigenvalue weighted by Crippen LogP contribution is -2.52. The van der Waals surface area contributed by atoms with Gasteiger partial charge in [0.15, 0.2) is 0 Å². The fourth-order valence-electron chi connectivity index (χ4n) is 3.52. The van der Waals surface area contributed by atoms with Crippen LogP contribution in [0.4, 0.5) is 0 Å². The maximum Gasteiger partial charge on any atom is 0.0600 e. The Morgan fingerprint density at radius 1 is 1.08 bits per heavy atom. The summed E-state index contributed by atoms with van der Waals surface area (Å²) < 4.78 is 0. The number of hydrogen-bond donors (Lipinski definition) is 2. The molecule has 2 nitrogen and oxygen atoms in total. The average molecular weight is 181 g/mol. The zero-order valence-electron chi connectivity index (χ0n) is 8.08. The van der Waals surface area contributed by atoms with Crippen molar-refractivity contribution in [3.63, 3.8) is 0 Å². The molecule has 13 heavy (non-hydrogen) atoms. The van der Waals surface area contributed by atoms with Crippen LogP contribution < -0.4 is 5.32 Å². The van der Waals surface area contributed by atoms with E-state index in [9.17, 15) is 5.11 Å². The smallest absolute Gasteiger partial charge is 0.0600 e. The highest BCUT2D eigenvalue weighted by molar-refractivity contribution is 5.01. The van der Waals surface area contributed by atoms with Crippen molar-refractivity contribution < 1.29 is 5.11 Å². The highest BCUT2D eigenvalue weighted by atomic mass is 16.3. The normalized spacial score (nSPS) is 50.5. The van der Waals surface area contributed by atoms with Gasteiger partial charge in [-0.05, 0) is 25.2 Å². The summed E-state index contributed by atoms with van der Waals surface area (Å²) in [6, 6.07) is 1.29. The highest BCUT2D eigenvalue weighted by Gasteiger charge is 2.45. The first-order valence-electron chi connectivity index (χ1n) is 5.79. The molecule has 1 saturated carbocycles. The van der Waals surface area contributed by atoms with Gasteiger partial charge in [-0.15, -0.1) is 0 Å². The Morgan fingerprint density at radius 3 is 2.62 bits per heavy atom. The lowest BCUT2D eigenvalue weighted by Gasteiger charge is -2.43. The predicted octanol–water partition coefficient (Wildman–Crippen LogP) is 1.29. The van der Waals surface area contributed by atoms with Crippen LogP contribution in [0, 0.1) is 11.8 Å². The van der Waals surface area contributed by atoms with E-state index in [0.717, 1.165) is 12.3 Å². The molecule has 2 heteroatoms. The molecule has 2 bridgehead atoms. The van der Waals surface area contributed by atoms with Crippen LogP contribution in [0.25, 0.3) is 0 Å². The van der Waals surface area contributed by atoms with E-state index in [1.807, 2.05) is 0 Å². The van der Waals surface area contributed by atoms with Crippen LogP contribution in [-0.2, 0) is 0 Å². The second-order valence-corrected chi connectivity index (χ2v) is 5.12. The number of fused-ring (bicyclic) bond motifs is 2. The first kappa shape index (κ1) is 8.25. The zero-order chi connectivity index (χ0) is 8.84. The van der Waals surface area contributed by atoms with Crippen molar-refractivity contribution in [2.24, 2.45) is 11.8 Å². The van der Waals surface area contributed by atoms with Crippen molar-refractivity contribution in [2.75, 3.05) is 0 Å². The van der Waals surface area contributed by atoms with Gasteiger partial charge in [0, 0.05) is 18.0 Å². The molecule has 4 unspecified atom stereocenters. The summed E-state index contributed by atoms with van der Waals surface area (Å²) in [5.74, 6) is 1.43. The topological polar surface area (TPSA) is 32.3 Å². The summed E-state index contributed by atoms with van der Waals surface area (Å²) >= 11 is 0. The van der Waals surface area contributed by atoms with Crippen LogP contribution in [0.3, 0.4) is 0 Å². The number of aliphatic hydroxyl groups is 1. The summed E-state index contributed by atoms with van der Waals surface area (Å²) in [6.07, 6.45) is 7.74. The van der Waals surface area contributed by atoms with Gasteiger partial charge in [-0.1, -0.05) is 19.3 Å². The van der Waals surface area contributed by atoms with Gasteiger partial charge < -0.3 is 10.4 Å². The molecule has 3 rings (SSSR count). The second-order valence-electron chi connectivity index (χ2n) is 5.12. The molecule has 2 N–H and O–H groups in total. The third-order valence-corrected chi connectivity index (χ3v) is 4.40. The van der Waals surface area contributed by atoms with Crippen LogP contribution >= 0.6 is 0 Å². The number of nitrogens with one attached hydrogen (secondary N) is 1. The van der Waals surface area contributed by atoms with Gasteiger partial charge in [0.1, 0.15) is 0 Å². The summed E-state index contributed by atoms with van der Waals surface area (Å²) in [6.45, 7) is 0. The predicted molar refractivity (Wildman–Crippen MR) is 51.4 cm³/mol. The molecule has 0 radical (unpaired) electrons. The molecule has 74 valence electrons. The van der Waals surface area contributed by atoms with Crippen LogP contribution in [0.1, 0.15) is 38.5 Å². The van der Waals surface area contributed by atoms with Crippen molar-refractivity contribution in [1.29, 1.82) is 0 Å². The lowest BCUT2D eigenvalue weighted by atomic mass is 9.69. The fraction of sp³-hybridized carbons (Fsp3) is 1.00. The molecule has 0 aromatic carbocycles. The largest absolute Gasteiger partial charge is 0.393 e. The van der Waals surface area contributed by atoms with E-state index < -0.39 is 0 Å². The summed E-state index contributed by atoms with van der Waals surface area (Å²) in [7, 11) is 0. The molecule has 1 aliphatic carbocycles. The van der Waals surface area contributed by atoms with E-state index >= 15 is 0 Å². The molecule has 3 fully saturated rings. The van der Waals surface area contributed by atoms with E-state index in [-0.39, 0.29) is 6.10 Å². The SMILES string of the molecule is OC1CC2CCC(N2)C1C1CCC1. The Bertz CT molecular complexity index is 202. The molecule has 2 aliphatic heterocycles. The Morgan fingerprint density at radius 2 is 1.92 bits per heavy atom. The van der Waals surface area contributed by atoms with Gasteiger partial charge in [-0.25, -0.2) is 0 Å². The first-order chi connectivity index (χ1) is 6.34. The number of hydrogen-bond acceptors (Lipinski definition) is 2. The van der Waals surface area contributed by atoms with Gasteiger partial charge in [-0.3, -0.25) is 0 Å². The minimum atomic E-state index is 0.00375. The summed E-state index contributed by atoms with van der Waals surface area (Å²) in [5.41, 5.74) is 0. The molecule has 3 aliphatic rings. The second kappa shape index (κ2) is 2.96. The van der Waals surface area contributed by atoms with Crippen molar-refractivity contribution in [1.82, 2.24) is 5.32 Å². The zero-order valence-corrected chi connectivity index (χ0v) is 8.08. The minimum Gasteiger partial charge on any atom is -0.393 e. The van der Waals surface area contributed by atoms with Gasteiger partial charge in [0.2, 0.25) is 0 Å². The molecule has 0 amide bonds. The maximum absolute atomic E-state index is 10.0. The molecule has 2 heterocycles. The monoisotopic (exact) mass is 181 g/mol. The van der Waals surface area contributed by atoms with Crippen molar-refractivity contribution >= 4 is 0 Å². The molecular formula is C11H19NO. The molecular weight excluding hydrogens is 162 g/mol. The van der Waals surface area contributed by atoms with E-state index in [1.54, 1.807) is 0 Å². The van der Waals surface area contributed by atoms with Crippen LogP contribution in [0.5, 0.6) is 0 Å². The summed E-state index contributed by atoms with van der Waals surface area (Å²) in [5, 5.41) is 13.7. The van der Waals surface area contributed by atoms with Crippen LogP contribution in [0.2, 0.25) is 0 Å². The Hall–Kier alpha value is -0.0800. The van der Waals surface area contributed by atoms with Crippen molar-refractivity contribution in [3.8, 4) is 0 Å². The Kier molecular flexibility index (Phi) is 1.88. The molecule has 0 aromatic heterocycles. The Balaban J connectivity index is 1.76. The van der Waals surface area contributed by atoms with Gasteiger partial charge in [-0.2, -0.15) is 0 Å². The quantitative estimate of drug-likeness (QED) is 0.639. The maximum atomic E-state index is 10.0. The molecule has 0 spiro atoms. The fourth-order valence-corrected chi connectivity index (χ4v) is 3.52. The first-order valence-corrected chi connectivity index (χ1v) is 5.79. The highest BCUT2D eigenvalue weighted by Crippen LogP contribution is 2.43. The van der Waals surface area contributed by atoms with Gasteiger partial charge in [0.25, 0.3) is 0 Å². The molecule has 4 atom stereocenters. The van der Waals surface area contributed by atoms with E-state index in [4.69, 9.17) is 0 Å². The van der Waals surface area contributed by atoms with E-state index in [2.05, 4.69) is 5.32 Å². The summed E-state index contributed by atoms with van der Waals surface area (Å²) in [4.78, 5) is 0. The van der Waals surface area contributed by atoms with Crippen molar-refractivity contribution in [3.05, 3.63) is 0 Å². The molecule has 2 saturated heterocycles. The third-order valence-electron chi connectivity index (χ3n) is 4.40. The molecule has 0 aromatic rings. The third kappa shape index (κ3) is 1.23. The van der Waals surface area contributed by atoms with Gasteiger partial charge in [0.05, 0.1) is 6.10 Å². The number of rotatable bonds is 1. The minimum absolute atomic E-state index is 0.00375.